The van der Waals surface area contributed by atoms with Crippen LogP contribution < -0.4 is 64.4 Å². The van der Waals surface area contributed by atoms with E-state index in [2.05, 4.69) is 53.3 Å². The Morgan fingerprint density at radius 3 is 1.72 bits per heavy atom. The van der Waals surface area contributed by atoms with Crippen LogP contribution in [0.25, 0.3) is 0 Å². The quantitative estimate of drug-likeness (QED) is 0.0854. The van der Waals surface area contributed by atoms with Crippen LogP contribution in [0.5, 0.6) is 5.75 Å². The van der Waals surface area contributed by atoms with Crippen LogP contribution in [0.3, 0.4) is 0 Å². The summed E-state index contributed by atoms with van der Waals surface area (Å²) in [7, 11) is -3.71. The zero-order chi connectivity index (χ0) is 30.0. The average Bonchev–Trinajstić information content (AvgIpc) is 3.00. The molecule has 0 saturated heterocycles. The molecular weight excluding hydrogens is 799 g/mol. The van der Waals surface area contributed by atoms with E-state index >= 15 is 0 Å². The second kappa shape index (κ2) is 22.7. The first kappa shape index (κ1) is 47.2. The number of hydrogen-bond donors (Lipinski definition) is 2. The molecule has 0 amide bonds. The standard InChI is InChI=1S/C35H40N2O3SSi.4ClH.Ru/c1-40-32-21-17-28(18-22-32)12-11-26-36-34(30-13-7-5-8-14-30)35(31-15-9-6-10-16-31)37-41(38,39)33-23-19-29(20-24-33)25-27-42(2,3)4;;;;;/h5-10,13-24,34-37H,11-12,26H2,1-4H3;4*1H;/q;;;;;+4/p-4/t34-,35-;;;;;/m1...../s1. The first-order valence-electron chi connectivity index (χ1n) is 14.3. The summed E-state index contributed by atoms with van der Waals surface area (Å²) in [4.78, 5) is 0.216. The van der Waals surface area contributed by atoms with Crippen molar-refractivity contribution in [3.63, 3.8) is 0 Å². The Morgan fingerprint density at radius 1 is 0.723 bits per heavy atom. The Bertz CT molecular complexity index is 1600. The van der Waals surface area contributed by atoms with Gasteiger partial charge in [-0.1, -0.05) is 98.4 Å². The van der Waals surface area contributed by atoms with Gasteiger partial charge in [-0.2, -0.15) is 0 Å². The average molecular weight is 840 g/mol. The van der Waals surface area contributed by atoms with Crippen LogP contribution in [0.2, 0.25) is 19.6 Å². The monoisotopic (exact) mass is 838 g/mol. The number of nitrogens with one attached hydrogen (secondary N) is 2. The summed E-state index contributed by atoms with van der Waals surface area (Å²) in [5.41, 5.74) is 7.27. The van der Waals surface area contributed by atoms with Crippen molar-refractivity contribution in [2.45, 2.75) is 49.5 Å². The summed E-state index contributed by atoms with van der Waals surface area (Å²) >= 11 is 0. The first-order chi connectivity index (χ1) is 20.1. The van der Waals surface area contributed by atoms with Gasteiger partial charge in [0.1, 0.15) is 13.8 Å². The molecule has 4 rings (SSSR count). The smallest absolute Gasteiger partial charge is 1.00 e. The largest absolute Gasteiger partial charge is 4.00 e. The van der Waals surface area contributed by atoms with E-state index < -0.39 is 24.1 Å². The van der Waals surface area contributed by atoms with E-state index in [0.717, 1.165) is 35.3 Å². The van der Waals surface area contributed by atoms with Gasteiger partial charge in [0.2, 0.25) is 10.0 Å². The van der Waals surface area contributed by atoms with E-state index in [0.29, 0.717) is 6.54 Å². The fourth-order valence-electron chi connectivity index (χ4n) is 4.63. The minimum atomic E-state index is -3.84. The molecule has 4 aromatic carbocycles. The molecule has 12 heteroatoms. The van der Waals surface area contributed by atoms with Crippen molar-refractivity contribution in [2.75, 3.05) is 13.7 Å². The normalized spacial score (nSPS) is 11.7. The molecule has 0 spiro atoms. The third-order valence-electron chi connectivity index (χ3n) is 6.84. The van der Waals surface area contributed by atoms with E-state index in [1.165, 1.54) is 5.56 Å². The van der Waals surface area contributed by atoms with Crippen molar-refractivity contribution in [3.8, 4) is 17.2 Å². The molecule has 0 aliphatic carbocycles. The Hall–Kier alpha value is -1.89. The summed E-state index contributed by atoms with van der Waals surface area (Å²) in [6.07, 6.45) is 1.79. The minimum Gasteiger partial charge on any atom is -1.00 e. The molecule has 254 valence electrons. The molecule has 0 bridgehead atoms. The number of aryl methyl sites for hydroxylation is 1. The number of methoxy groups -OCH3 is 1. The molecule has 0 heterocycles. The summed E-state index contributed by atoms with van der Waals surface area (Å²) in [5.74, 6) is 4.04. The zero-order valence-electron chi connectivity index (χ0n) is 26.7. The van der Waals surface area contributed by atoms with E-state index in [1.807, 2.05) is 72.8 Å². The van der Waals surface area contributed by atoms with Gasteiger partial charge in [-0.3, -0.25) is 0 Å². The summed E-state index contributed by atoms with van der Waals surface area (Å²) in [6, 6.07) is 33.9. The summed E-state index contributed by atoms with van der Waals surface area (Å²) in [5, 5.41) is 3.68. The maximum Gasteiger partial charge on any atom is 4.00 e. The molecular formula is C35H40Cl4N2O3RuSSi. The van der Waals surface area contributed by atoms with Gasteiger partial charge in [-0.25, -0.2) is 13.1 Å². The molecule has 0 fully saturated rings. The molecule has 2 atom stereocenters. The number of rotatable bonds is 12. The Labute approximate surface area is 319 Å². The Kier molecular flexibility index (Phi) is 22.8. The van der Waals surface area contributed by atoms with Crippen molar-refractivity contribution in [3.05, 3.63) is 131 Å². The summed E-state index contributed by atoms with van der Waals surface area (Å²) in [6.45, 7) is 7.26. The fraction of sp³-hybridized carbons (Fsp3) is 0.257. The van der Waals surface area contributed by atoms with Crippen molar-refractivity contribution in [1.29, 1.82) is 0 Å². The Balaban J connectivity index is 0. The van der Waals surface area contributed by atoms with Gasteiger partial charge in [-0.05, 0) is 72.5 Å². The van der Waals surface area contributed by atoms with Gasteiger partial charge in [0.15, 0.2) is 0 Å². The van der Waals surface area contributed by atoms with E-state index in [-0.39, 0.29) is 80.0 Å². The van der Waals surface area contributed by atoms with Gasteiger partial charge in [-0.15, -0.1) is 5.54 Å². The molecule has 0 aliphatic heterocycles. The molecule has 0 unspecified atom stereocenters. The van der Waals surface area contributed by atoms with Gasteiger partial charge in [0.25, 0.3) is 0 Å². The minimum absolute atomic E-state index is 0. The van der Waals surface area contributed by atoms with Crippen LogP contribution in [-0.2, 0) is 35.9 Å². The second-order valence-electron chi connectivity index (χ2n) is 11.3. The van der Waals surface area contributed by atoms with Crippen LogP contribution in [-0.4, -0.2) is 30.1 Å². The molecule has 47 heavy (non-hydrogen) atoms. The third kappa shape index (κ3) is 15.0. The topological polar surface area (TPSA) is 67.4 Å². The number of sulfonamides is 1. The molecule has 0 saturated carbocycles. The molecule has 5 nitrogen and oxygen atoms in total. The molecule has 0 aromatic heterocycles. The Morgan fingerprint density at radius 2 is 1.23 bits per heavy atom. The van der Waals surface area contributed by atoms with Crippen LogP contribution in [0.4, 0.5) is 0 Å². The molecule has 2 N–H and O–H groups in total. The summed E-state index contributed by atoms with van der Waals surface area (Å²) < 4.78 is 35.8. The van der Waals surface area contributed by atoms with Crippen molar-refractivity contribution in [1.82, 2.24) is 10.0 Å². The van der Waals surface area contributed by atoms with Gasteiger partial charge in [0.05, 0.1) is 24.1 Å². The SMILES string of the molecule is COc1ccc(CCCN[C@H](c2ccccc2)[C@H](NS(=O)(=O)c2ccc(C#C[Si](C)(C)C)cc2)c2ccccc2)cc1.[Cl-].[Cl-].[Cl-].[Cl-].[Ru+4]. The fourth-order valence-corrected chi connectivity index (χ4v) is 6.39. The van der Waals surface area contributed by atoms with Crippen LogP contribution in [0, 0.1) is 11.5 Å². The van der Waals surface area contributed by atoms with Crippen molar-refractivity contribution in [2.24, 2.45) is 0 Å². The van der Waals surface area contributed by atoms with Gasteiger partial charge >= 0.3 is 19.5 Å². The second-order valence-corrected chi connectivity index (χ2v) is 17.8. The maximum absolute atomic E-state index is 13.8. The number of benzene rings is 4. The molecule has 0 aliphatic rings. The van der Waals surface area contributed by atoms with Crippen LogP contribution in [0.1, 0.15) is 40.8 Å². The van der Waals surface area contributed by atoms with E-state index in [4.69, 9.17) is 4.74 Å². The van der Waals surface area contributed by atoms with E-state index in [9.17, 15) is 8.42 Å². The first-order valence-corrected chi connectivity index (χ1v) is 19.2. The van der Waals surface area contributed by atoms with Crippen molar-refractivity contribution < 1.29 is 82.3 Å². The van der Waals surface area contributed by atoms with Gasteiger partial charge < -0.3 is 59.7 Å². The predicted molar refractivity (Wildman–Crippen MR) is 175 cm³/mol. The number of hydrogen-bond acceptors (Lipinski definition) is 4. The third-order valence-corrected chi connectivity index (χ3v) is 9.18. The van der Waals surface area contributed by atoms with Crippen LogP contribution in [0.15, 0.2) is 114 Å². The maximum atomic E-state index is 13.8. The zero-order valence-corrected chi connectivity index (χ0v) is 33.2. The van der Waals surface area contributed by atoms with Crippen molar-refractivity contribution >= 4 is 18.1 Å². The number of halogens is 4. The van der Waals surface area contributed by atoms with Gasteiger partial charge in [0, 0.05) is 5.56 Å². The predicted octanol–water partition coefficient (Wildman–Crippen LogP) is -5.08. The number of ether oxygens (including phenoxy) is 1. The van der Waals surface area contributed by atoms with E-state index in [1.54, 1.807) is 31.4 Å². The molecule has 0 radical (unpaired) electrons. The molecule has 4 aromatic rings. The van der Waals surface area contributed by atoms with Crippen LogP contribution >= 0.6 is 0 Å².